The molecule has 0 bridgehead atoms. The van der Waals surface area contributed by atoms with E-state index in [1.165, 1.54) is 9.69 Å². The Morgan fingerprint density at radius 3 is 2.28 bits per heavy atom. The molecular formula is C21H16BrIN4O2. The van der Waals surface area contributed by atoms with E-state index in [4.69, 9.17) is 0 Å². The molecule has 8 heteroatoms. The molecule has 0 spiro atoms. The van der Waals surface area contributed by atoms with Crippen LogP contribution in [0.2, 0.25) is 0 Å². The van der Waals surface area contributed by atoms with Gasteiger partial charge >= 0.3 is 0 Å². The fourth-order valence-electron chi connectivity index (χ4n) is 3.09. The van der Waals surface area contributed by atoms with E-state index in [9.17, 15) is 9.59 Å². The summed E-state index contributed by atoms with van der Waals surface area (Å²) in [6, 6.07) is 14.9. The van der Waals surface area contributed by atoms with Gasteiger partial charge in [-0.05, 0) is 91.0 Å². The normalized spacial score (nSPS) is 15.3. The van der Waals surface area contributed by atoms with Gasteiger partial charge in [-0.25, -0.2) is 4.68 Å². The molecule has 2 aromatic carbocycles. The van der Waals surface area contributed by atoms with E-state index >= 15 is 0 Å². The molecule has 0 atom stereocenters. The minimum Gasteiger partial charge on any atom is -0.295 e. The average molecular weight is 563 g/mol. The van der Waals surface area contributed by atoms with E-state index < -0.39 is 0 Å². The van der Waals surface area contributed by atoms with Gasteiger partial charge in [0.1, 0.15) is 0 Å². The lowest BCUT2D eigenvalue weighted by Gasteiger charge is -2.11. The van der Waals surface area contributed by atoms with Crippen molar-refractivity contribution in [3.63, 3.8) is 0 Å². The Labute approximate surface area is 189 Å². The highest BCUT2D eigenvalue weighted by Crippen LogP contribution is 2.25. The Morgan fingerprint density at radius 2 is 1.62 bits per heavy atom. The Balaban J connectivity index is 1.72. The van der Waals surface area contributed by atoms with Crippen LogP contribution in [0.15, 0.2) is 68.5 Å². The predicted octanol–water partition coefficient (Wildman–Crippen LogP) is 4.65. The molecule has 1 aromatic heterocycles. The quantitative estimate of drug-likeness (QED) is 0.373. The van der Waals surface area contributed by atoms with Crippen molar-refractivity contribution in [2.24, 2.45) is 5.10 Å². The first-order valence-corrected chi connectivity index (χ1v) is 10.7. The van der Waals surface area contributed by atoms with Crippen LogP contribution in [0, 0.1) is 10.5 Å². The van der Waals surface area contributed by atoms with E-state index in [1.807, 2.05) is 55.5 Å². The van der Waals surface area contributed by atoms with E-state index in [2.05, 4.69) is 48.7 Å². The van der Waals surface area contributed by atoms with Crippen LogP contribution in [0.1, 0.15) is 18.2 Å². The van der Waals surface area contributed by atoms with Crippen LogP contribution in [-0.4, -0.2) is 21.4 Å². The number of anilines is 1. The lowest BCUT2D eigenvalue weighted by atomic mass is 10.1. The number of hydrazone groups is 1. The summed E-state index contributed by atoms with van der Waals surface area (Å²) in [6.45, 7) is 3.58. The van der Waals surface area contributed by atoms with Gasteiger partial charge in [0.15, 0.2) is 0 Å². The molecule has 0 aliphatic carbocycles. The van der Waals surface area contributed by atoms with Gasteiger partial charge in [0.05, 0.1) is 28.2 Å². The summed E-state index contributed by atoms with van der Waals surface area (Å²) in [5, 5.41) is 8.83. The molecule has 1 aliphatic rings. The van der Waals surface area contributed by atoms with Crippen molar-refractivity contribution in [1.82, 2.24) is 9.78 Å². The second-order valence-corrected chi connectivity index (χ2v) is 8.77. The smallest absolute Gasteiger partial charge is 0.280 e. The van der Waals surface area contributed by atoms with Crippen LogP contribution in [0.3, 0.4) is 0 Å². The Bertz CT molecular complexity index is 1220. The van der Waals surface area contributed by atoms with E-state index in [-0.39, 0.29) is 11.5 Å². The molecule has 1 N–H and O–H groups in total. The summed E-state index contributed by atoms with van der Waals surface area (Å²) >= 11 is 5.60. The fraction of sp³-hybridized carbons (Fsp3) is 0.0952. The van der Waals surface area contributed by atoms with Crippen molar-refractivity contribution in [3.8, 4) is 5.69 Å². The monoisotopic (exact) mass is 562 g/mol. The van der Waals surface area contributed by atoms with E-state index in [1.54, 1.807) is 13.0 Å². The van der Waals surface area contributed by atoms with Gasteiger partial charge in [-0.2, -0.15) is 10.1 Å². The molecule has 0 saturated heterocycles. The summed E-state index contributed by atoms with van der Waals surface area (Å²) < 4.78 is 3.47. The first-order chi connectivity index (χ1) is 13.8. The fourth-order valence-corrected chi connectivity index (χ4v) is 3.71. The van der Waals surface area contributed by atoms with Crippen molar-refractivity contribution >= 4 is 61.9 Å². The highest BCUT2D eigenvalue weighted by atomic mass is 127. The van der Waals surface area contributed by atoms with Gasteiger partial charge in [-0.1, -0.05) is 15.9 Å². The summed E-state index contributed by atoms with van der Waals surface area (Å²) in [5.74, 6) is -0.251. The van der Waals surface area contributed by atoms with Crippen LogP contribution in [0.5, 0.6) is 0 Å². The van der Waals surface area contributed by atoms with Gasteiger partial charge in [0.2, 0.25) is 0 Å². The summed E-state index contributed by atoms with van der Waals surface area (Å²) in [5.41, 5.74) is 3.29. The second kappa shape index (κ2) is 7.75. The minimum absolute atomic E-state index is 0.217. The highest BCUT2D eigenvalue weighted by Gasteiger charge is 2.29. The maximum absolute atomic E-state index is 13.0. The molecule has 29 heavy (non-hydrogen) atoms. The van der Waals surface area contributed by atoms with Crippen molar-refractivity contribution in [3.05, 3.63) is 83.8 Å². The molecule has 0 fully saturated rings. The molecule has 1 amide bonds. The van der Waals surface area contributed by atoms with Crippen LogP contribution < -0.4 is 10.6 Å². The summed E-state index contributed by atoms with van der Waals surface area (Å²) in [4.78, 5) is 25.9. The number of nitrogens with zero attached hydrogens (tertiary/aromatic N) is 3. The standard InChI is InChI=1S/C21H16BrIN4O2/c1-12-18(20(28)26(24-12)16-7-3-14(22)4-8-16)11-19-13(2)25-27(21(19)29)17-9-5-15(23)6-10-17/h3-11,24H,1-2H3/b19-11-. The molecule has 0 unspecified atom stereocenters. The Morgan fingerprint density at radius 1 is 1.00 bits per heavy atom. The molecule has 3 aromatic rings. The first-order valence-electron chi connectivity index (χ1n) is 8.80. The largest absolute Gasteiger partial charge is 0.295 e. The predicted molar refractivity (Wildman–Crippen MR) is 127 cm³/mol. The number of H-pyrrole nitrogens is 1. The average Bonchev–Trinajstić information content (AvgIpc) is 3.14. The molecule has 2 heterocycles. The number of aryl methyl sites for hydroxylation is 1. The number of halogens is 2. The number of carbonyl (C=O) groups is 1. The third-order valence-electron chi connectivity index (χ3n) is 4.62. The SMILES string of the molecule is CC1=NN(c2ccc(I)cc2)C(=O)/C1=C\c1c(C)[nH]n(-c2ccc(Br)cc2)c1=O. The molecule has 1 aliphatic heterocycles. The maximum atomic E-state index is 13.0. The van der Waals surface area contributed by atoms with E-state index in [0.29, 0.717) is 28.2 Å². The van der Waals surface area contributed by atoms with Gasteiger partial charge in [-0.3, -0.25) is 14.7 Å². The van der Waals surface area contributed by atoms with Crippen LogP contribution in [-0.2, 0) is 4.79 Å². The van der Waals surface area contributed by atoms with Gasteiger partial charge in [0, 0.05) is 13.7 Å². The second-order valence-electron chi connectivity index (χ2n) is 6.60. The maximum Gasteiger partial charge on any atom is 0.280 e. The van der Waals surface area contributed by atoms with Crippen LogP contribution in [0.25, 0.3) is 11.8 Å². The topological polar surface area (TPSA) is 70.5 Å². The number of carbonyl (C=O) groups excluding carboxylic acids is 1. The van der Waals surface area contributed by atoms with Crippen molar-refractivity contribution in [2.75, 3.05) is 5.01 Å². The van der Waals surface area contributed by atoms with Crippen molar-refractivity contribution < 1.29 is 4.79 Å². The highest BCUT2D eigenvalue weighted by molar-refractivity contribution is 14.1. The number of aromatic nitrogens is 2. The summed E-state index contributed by atoms with van der Waals surface area (Å²) in [6.07, 6.45) is 1.62. The zero-order chi connectivity index (χ0) is 20.7. The molecule has 0 saturated carbocycles. The Hall–Kier alpha value is -2.46. The number of nitrogens with one attached hydrogen (secondary N) is 1. The molecule has 146 valence electrons. The van der Waals surface area contributed by atoms with Gasteiger partial charge in [0.25, 0.3) is 11.5 Å². The van der Waals surface area contributed by atoms with Crippen molar-refractivity contribution in [2.45, 2.75) is 13.8 Å². The summed E-state index contributed by atoms with van der Waals surface area (Å²) in [7, 11) is 0. The molecular weight excluding hydrogens is 547 g/mol. The number of rotatable bonds is 3. The zero-order valence-electron chi connectivity index (χ0n) is 15.6. The zero-order valence-corrected chi connectivity index (χ0v) is 19.4. The number of hydrogen-bond donors (Lipinski definition) is 1. The van der Waals surface area contributed by atoms with Gasteiger partial charge < -0.3 is 0 Å². The van der Waals surface area contributed by atoms with Crippen molar-refractivity contribution in [1.29, 1.82) is 0 Å². The number of aromatic amines is 1. The van der Waals surface area contributed by atoms with E-state index in [0.717, 1.165) is 13.7 Å². The minimum atomic E-state index is -0.251. The Kier molecular flexibility index (Phi) is 5.30. The number of benzene rings is 2. The molecule has 4 rings (SSSR count). The lowest BCUT2D eigenvalue weighted by molar-refractivity contribution is -0.114. The lowest BCUT2D eigenvalue weighted by Crippen LogP contribution is -2.22. The molecule has 6 nitrogen and oxygen atoms in total. The third kappa shape index (κ3) is 3.74. The molecule has 0 radical (unpaired) electrons. The van der Waals surface area contributed by atoms with Crippen LogP contribution >= 0.6 is 38.5 Å². The number of amides is 1. The van der Waals surface area contributed by atoms with Crippen LogP contribution in [0.4, 0.5) is 5.69 Å². The third-order valence-corrected chi connectivity index (χ3v) is 5.87. The first kappa shape index (κ1) is 19.8. The van der Waals surface area contributed by atoms with Gasteiger partial charge in [-0.15, -0.1) is 0 Å². The number of hydrogen-bond acceptors (Lipinski definition) is 3.